The van der Waals surface area contributed by atoms with Gasteiger partial charge >= 0.3 is 6.03 Å². The van der Waals surface area contributed by atoms with Crippen LogP contribution in [0.25, 0.3) is 0 Å². The van der Waals surface area contributed by atoms with Crippen molar-refractivity contribution < 1.29 is 14.6 Å². The zero-order valence-electron chi connectivity index (χ0n) is 14.2. The van der Waals surface area contributed by atoms with Crippen LogP contribution in [-0.2, 0) is 4.74 Å². The second-order valence-corrected chi connectivity index (χ2v) is 6.78. The zero-order chi connectivity index (χ0) is 16.9. The number of carbonyl (C=O) groups excluding carboxylic acids is 1. The van der Waals surface area contributed by atoms with Crippen LogP contribution in [0.1, 0.15) is 32.6 Å². The molecular formula is C18H27N3O3. The monoisotopic (exact) mass is 333 g/mol. The molecular weight excluding hydrogens is 306 g/mol. The fourth-order valence-corrected chi connectivity index (χ4v) is 3.38. The van der Waals surface area contributed by atoms with Gasteiger partial charge in [-0.1, -0.05) is 0 Å². The molecule has 2 aliphatic rings. The number of nitrogens with one attached hydrogen (secondary N) is 2. The number of morpholine rings is 1. The molecule has 1 aromatic rings. The molecule has 1 saturated carbocycles. The average molecular weight is 333 g/mol. The van der Waals surface area contributed by atoms with Gasteiger partial charge in [0.05, 0.1) is 18.8 Å². The van der Waals surface area contributed by atoms with Crippen LogP contribution in [-0.4, -0.2) is 49.1 Å². The van der Waals surface area contributed by atoms with Gasteiger partial charge in [-0.3, -0.25) is 0 Å². The summed E-state index contributed by atoms with van der Waals surface area (Å²) in [6, 6.07) is 7.90. The van der Waals surface area contributed by atoms with Gasteiger partial charge in [-0.2, -0.15) is 0 Å². The van der Waals surface area contributed by atoms with Crippen LogP contribution >= 0.6 is 0 Å². The van der Waals surface area contributed by atoms with Crippen LogP contribution in [0.3, 0.4) is 0 Å². The topological polar surface area (TPSA) is 73.8 Å². The first-order valence-electron chi connectivity index (χ1n) is 8.82. The molecule has 2 amide bonds. The molecule has 0 bridgehead atoms. The number of aliphatic hydroxyl groups excluding tert-OH is 1. The lowest BCUT2D eigenvalue weighted by Crippen LogP contribution is -2.41. The number of amides is 2. The number of urea groups is 1. The van der Waals surface area contributed by atoms with E-state index in [1.807, 2.05) is 24.3 Å². The number of ether oxygens (including phenoxy) is 1. The Bertz CT molecular complexity index is 541. The van der Waals surface area contributed by atoms with Crippen molar-refractivity contribution in [3.8, 4) is 0 Å². The molecule has 1 aliphatic heterocycles. The number of benzene rings is 1. The molecule has 0 aromatic heterocycles. The van der Waals surface area contributed by atoms with Gasteiger partial charge in [-0.15, -0.1) is 0 Å². The predicted octanol–water partition coefficient (Wildman–Crippen LogP) is 2.34. The van der Waals surface area contributed by atoms with Gasteiger partial charge in [-0.05, 0) is 56.9 Å². The zero-order valence-corrected chi connectivity index (χ0v) is 14.2. The lowest BCUT2D eigenvalue weighted by atomic mass is 9.93. The minimum Gasteiger partial charge on any atom is -0.393 e. The van der Waals surface area contributed by atoms with Crippen LogP contribution in [0.4, 0.5) is 16.2 Å². The Morgan fingerprint density at radius 2 is 1.92 bits per heavy atom. The Morgan fingerprint density at radius 3 is 2.58 bits per heavy atom. The van der Waals surface area contributed by atoms with E-state index in [1.165, 1.54) is 0 Å². The van der Waals surface area contributed by atoms with Gasteiger partial charge < -0.3 is 25.4 Å². The highest BCUT2D eigenvalue weighted by Crippen LogP contribution is 2.21. The lowest BCUT2D eigenvalue weighted by molar-refractivity contribution is 0.0532. The highest BCUT2D eigenvalue weighted by Gasteiger charge is 2.21. The molecule has 0 spiro atoms. The third-order valence-electron chi connectivity index (χ3n) is 4.76. The van der Waals surface area contributed by atoms with Crippen molar-refractivity contribution >= 4 is 17.4 Å². The largest absolute Gasteiger partial charge is 0.393 e. The van der Waals surface area contributed by atoms with Crippen molar-refractivity contribution in [3.63, 3.8) is 0 Å². The van der Waals surface area contributed by atoms with E-state index in [0.717, 1.165) is 56.8 Å². The SMILES string of the molecule is C[C@@H]1CN(c2ccc(NC(=O)NC3CCC(O)CC3)cc2)CCO1. The molecule has 24 heavy (non-hydrogen) atoms. The standard InChI is InChI=1S/C18H27N3O3/c1-13-12-21(10-11-24-13)16-6-2-14(3-7-16)19-18(23)20-15-4-8-17(22)9-5-15/h2-3,6-7,13,15,17,22H,4-5,8-12H2,1H3,(H2,19,20,23)/t13-,15?,17?/m1/s1. The Hall–Kier alpha value is -1.79. The van der Waals surface area contributed by atoms with Crippen molar-refractivity contribution in [2.24, 2.45) is 0 Å². The maximum atomic E-state index is 12.1. The third kappa shape index (κ3) is 4.61. The molecule has 1 heterocycles. The van der Waals surface area contributed by atoms with Gasteiger partial charge in [0.2, 0.25) is 0 Å². The summed E-state index contributed by atoms with van der Waals surface area (Å²) >= 11 is 0. The molecule has 1 aromatic carbocycles. The summed E-state index contributed by atoms with van der Waals surface area (Å²) < 4.78 is 5.56. The smallest absolute Gasteiger partial charge is 0.319 e. The molecule has 3 N–H and O–H groups in total. The van der Waals surface area contributed by atoms with E-state index < -0.39 is 0 Å². The van der Waals surface area contributed by atoms with Crippen LogP contribution in [0.5, 0.6) is 0 Å². The molecule has 0 unspecified atom stereocenters. The number of hydrogen-bond acceptors (Lipinski definition) is 4. The molecule has 2 fully saturated rings. The predicted molar refractivity (Wildman–Crippen MR) is 94.5 cm³/mol. The van der Waals surface area contributed by atoms with E-state index in [-0.39, 0.29) is 24.3 Å². The Morgan fingerprint density at radius 1 is 1.21 bits per heavy atom. The first-order valence-corrected chi connectivity index (χ1v) is 8.82. The van der Waals surface area contributed by atoms with E-state index in [0.29, 0.717) is 0 Å². The van der Waals surface area contributed by atoms with Crippen LogP contribution in [0, 0.1) is 0 Å². The molecule has 6 heteroatoms. The molecule has 1 aliphatic carbocycles. The third-order valence-corrected chi connectivity index (χ3v) is 4.76. The van der Waals surface area contributed by atoms with Gasteiger partial charge in [0.25, 0.3) is 0 Å². The van der Waals surface area contributed by atoms with Crippen LogP contribution in [0.2, 0.25) is 0 Å². The average Bonchev–Trinajstić information content (AvgIpc) is 2.58. The molecule has 1 atom stereocenters. The summed E-state index contributed by atoms with van der Waals surface area (Å²) in [7, 11) is 0. The Kier molecular flexibility index (Phi) is 5.58. The normalized spacial score (nSPS) is 27.6. The quantitative estimate of drug-likeness (QED) is 0.794. The first-order chi connectivity index (χ1) is 11.6. The van der Waals surface area contributed by atoms with Gasteiger partial charge in [0, 0.05) is 30.5 Å². The number of aliphatic hydroxyl groups is 1. The van der Waals surface area contributed by atoms with Crippen LogP contribution in [0.15, 0.2) is 24.3 Å². The van der Waals surface area contributed by atoms with Crippen molar-refractivity contribution in [2.45, 2.75) is 50.9 Å². The highest BCUT2D eigenvalue weighted by atomic mass is 16.5. The summed E-state index contributed by atoms with van der Waals surface area (Å²) in [5, 5.41) is 15.4. The Labute approximate surface area is 143 Å². The van der Waals surface area contributed by atoms with E-state index in [2.05, 4.69) is 22.5 Å². The summed E-state index contributed by atoms with van der Waals surface area (Å²) in [4.78, 5) is 14.4. The van der Waals surface area contributed by atoms with Crippen molar-refractivity contribution in [2.75, 3.05) is 29.9 Å². The van der Waals surface area contributed by atoms with Crippen molar-refractivity contribution in [3.05, 3.63) is 24.3 Å². The first kappa shape index (κ1) is 17.0. The molecule has 3 rings (SSSR count). The van der Waals surface area contributed by atoms with E-state index in [4.69, 9.17) is 4.74 Å². The second-order valence-electron chi connectivity index (χ2n) is 6.78. The second kappa shape index (κ2) is 7.85. The Balaban J connectivity index is 1.49. The minimum atomic E-state index is -0.207. The van der Waals surface area contributed by atoms with Crippen molar-refractivity contribution in [1.29, 1.82) is 0 Å². The van der Waals surface area contributed by atoms with E-state index in [9.17, 15) is 9.90 Å². The van der Waals surface area contributed by atoms with Gasteiger partial charge in [0.15, 0.2) is 0 Å². The maximum Gasteiger partial charge on any atom is 0.319 e. The summed E-state index contributed by atoms with van der Waals surface area (Å²) in [5.74, 6) is 0. The van der Waals surface area contributed by atoms with E-state index >= 15 is 0 Å². The summed E-state index contributed by atoms with van der Waals surface area (Å²) in [6.07, 6.45) is 3.23. The van der Waals surface area contributed by atoms with Crippen LogP contribution < -0.4 is 15.5 Å². The van der Waals surface area contributed by atoms with Gasteiger partial charge in [0.1, 0.15) is 0 Å². The van der Waals surface area contributed by atoms with E-state index in [1.54, 1.807) is 0 Å². The number of hydrogen-bond donors (Lipinski definition) is 3. The lowest BCUT2D eigenvalue weighted by Gasteiger charge is -2.33. The fourth-order valence-electron chi connectivity index (χ4n) is 3.38. The van der Waals surface area contributed by atoms with Gasteiger partial charge in [-0.25, -0.2) is 4.79 Å². The molecule has 1 saturated heterocycles. The summed E-state index contributed by atoms with van der Waals surface area (Å²) in [6.45, 7) is 4.61. The molecule has 6 nitrogen and oxygen atoms in total. The molecule has 0 radical (unpaired) electrons. The number of anilines is 2. The number of carbonyl (C=O) groups is 1. The minimum absolute atomic E-state index is 0.155. The van der Waals surface area contributed by atoms with Crippen molar-refractivity contribution in [1.82, 2.24) is 5.32 Å². The fraction of sp³-hybridized carbons (Fsp3) is 0.611. The molecule has 132 valence electrons. The maximum absolute atomic E-state index is 12.1. The number of nitrogens with zero attached hydrogens (tertiary/aromatic N) is 1. The number of rotatable bonds is 3. The highest BCUT2D eigenvalue weighted by molar-refractivity contribution is 5.89. The summed E-state index contributed by atoms with van der Waals surface area (Å²) in [5.41, 5.74) is 1.94.